The fourth-order valence-electron chi connectivity index (χ4n) is 1.62. The van der Waals surface area contributed by atoms with Gasteiger partial charge in [0, 0.05) is 10.9 Å². The first kappa shape index (κ1) is 8.11. The summed E-state index contributed by atoms with van der Waals surface area (Å²) in [6, 6.07) is 8.10. The van der Waals surface area contributed by atoms with Gasteiger partial charge in [-0.25, -0.2) is 0 Å². The highest BCUT2D eigenvalue weighted by Gasteiger charge is 2.07. The number of hydrogen-bond donors (Lipinski definition) is 0. The Labute approximate surface area is 77.7 Å². The standard InChI is InChI=1S/C12H12O/c1-3-6-10-9(2)13-12-8-5-4-7-11(10)12/h3-5,7-8H,1,6H2,2H3. The van der Waals surface area contributed by atoms with Gasteiger partial charge in [0.2, 0.25) is 0 Å². The van der Waals surface area contributed by atoms with E-state index in [-0.39, 0.29) is 0 Å². The molecule has 0 saturated carbocycles. The van der Waals surface area contributed by atoms with Crippen LogP contribution in [0.1, 0.15) is 11.3 Å². The number of para-hydroxylation sites is 1. The van der Waals surface area contributed by atoms with Crippen molar-refractivity contribution in [3.8, 4) is 0 Å². The quantitative estimate of drug-likeness (QED) is 0.632. The molecule has 1 heterocycles. The van der Waals surface area contributed by atoms with Crippen LogP contribution in [0.15, 0.2) is 41.3 Å². The Kier molecular flexibility index (Phi) is 1.93. The van der Waals surface area contributed by atoms with Crippen molar-refractivity contribution in [2.45, 2.75) is 13.3 Å². The number of fused-ring (bicyclic) bond motifs is 1. The second-order valence-electron chi connectivity index (χ2n) is 3.13. The van der Waals surface area contributed by atoms with Gasteiger partial charge in [0.25, 0.3) is 0 Å². The zero-order valence-electron chi connectivity index (χ0n) is 7.71. The smallest absolute Gasteiger partial charge is 0.134 e. The molecule has 0 aliphatic heterocycles. The largest absolute Gasteiger partial charge is 0.461 e. The lowest BCUT2D eigenvalue weighted by Crippen LogP contribution is -1.80. The normalized spacial score (nSPS) is 10.5. The second kappa shape index (κ2) is 3.09. The number of rotatable bonds is 2. The van der Waals surface area contributed by atoms with Crippen molar-refractivity contribution in [3.63, 3.8) is 0 Å². The van der Waals surface area contributed by atoms with E-state index in [1.54, 1.807) is 0 Å². The van der Waals surface area contributed by atoms with Crippen molar-refractivity contribution < 1.29 is 4.42 Å². The topological polar surface area (TPSA) is 13.1 Å². The van der Waals surface area contributed by atoms with E-state index < -0.39 is 0 Å². The third-order valence-electron chi connectivity index (χ3n) is 2.25. The predicted octanol–water partition coefficient (Wildman–Crippen LogP) is 3.47. The van der Waals surface area contributed by atoms with Crippen LogP contribution in [0.5, 0.6) is 0 Å². The Morgan fingerprint density at radius 3 is 2.92 bits per heavy atom. The highest BCUT2D eigenvalue weighted by molar-refractivity contribution is 5.82. The van der Waals surface area contributed by atoms with E-state index in [1.165, 1.54) is 10.9 Å². The van der Waals surface area contributed by atoms with Crippen LogP contribution in [-0.2, 0) is 6.42 Å². The lowest BCUT2D eigenvalue weighted by molar-refractivity contribution is 0.573. The highest BCUT2D eigenvalue weighted by Crippen LogP contribution is 2.25. The lowest BCUT2D eigenvalue weighted by Gasteiger charge is -1.92. The Hall–Kier alpha value is -1.50. The first-order valence-electron chi connectivity index (χ1n) is 4.41. The molecular weight excluding hydrogens is 160 g/mol. The maximum atomic E-state index is 5.60. The number of aryl methyl sites for hydroxylation is 1. The number of allylic oxidation sites excluding steroid dienone is 1. The summed E-state index contributed by atoms with van der Waals surface area (Å²) in [6.07, 6.45) is 2.78. The van der Waals surface area contributed by atoms with E-state index in [2.05, 4.69) is 12.6 Å². The van der Waals surface area contributed by atoms with Gasteiger partial charge in [-0.1, -0.05) is 24.3 Å². The molecule has 0 bridgehead atoms. The SMILES string of the molecule is C=CCc1c(C)oc2ccccc12. The lowest BCUT2D eigenvalue weighted by atomic mass is 10.1. The van der Waals surface area contributed by atoms with E-state index in [0.29, 0.717) is 0 Å². The first-order chi connectivity index (χ1) is 6.33. The zero-order valence-corrected chi connectivity index (χ0v) is 7.71. The average molecular weight is 172 g/mol. The molecule has 0 aliphatic carbocycles. The summed E-state index contributed by atoms with van der Waals surface area (Å²) in [5, 5.41) is 1.21. The van der Waals surface area contributed by atoms with Gasteiger partial charge in [-0.3, -0.25) is 0 Å². The molecule has 2 rings (SSSR count). The number of furan rings is 1. The molecule has 0 saturated heterocycles. The van der Waals surface area contributed by atoms with Crippen LogP contribution in [-0.4, -0.2) is 0 Å². The van der Waals surface area contributed by atoms with Gasteiger partial charge in [0.1, 0.15) is 11.3 Å². The minimum absolute atomic E-state index is 0.878. The monoisotopic (exact) mass is 172 g/mol. The molecule has 0 N–H and O–H groups in total. The molecule has 2 aromatic rings. The molecule has 0 unspecified atom stereocenters. The molecule has 0 spiro atoms. The summed E-state index contributed by atoms with van der Waals surface area (Å²) in [5.74, 6) is 1.00. The van der Waals surface area contributed by atoms with Crippen LogP contribution in [0.25, 0.3) is 11.0 Å². The molecule has 13 heavy (non-hydrogen) atoms. The fourth-order valence-corrected chi connectivity index (χ4v) is 1.62. The summed E-state index contributed by atoms with van der Waals surface area (Å²) in [6.45, 7) is 5.74. The molecule has 1 heteroatoms. The Bertz CT molecular complexity index is 437. The zero-order chi connectivity index (χ0) is 9.26. The van der Waals surface area contributed by atoms with E-state index in [0.717, 1.165) is 17.8 Å². The summed E-state index contributed by atoms with van der Waals surface area (Å²) >= 11 is 0. The van der Waals surface area contributed by atoms with E-state index >= 15 is 0 Å². The van der Waals surface area contributed by atoms with Crippen LogP contribution in [0.4, 0.5) is 0 Å². The van der Waals surface area contributed by atoms with E-state index in [9.17, 15) is 0 Å². The van der Waals surface area contributed by atoms with Crippen LogP contribution >= 0.6 is 0 Å². The summed E-state index contributed by atoms with van der Waals surface area (Å²) < 4.78 is 5.60. The molecular formula is C12H12O. The van der Waals surface area contributed by atoms with Crippen molar-refractivity contribution in [3.05, 3.63) is 48.2 Å². The van der Waals surface area contributed by atoms with Gasteiger partial charge in [-0.15, -0.1) is 6.58 Å². The minimum Gasteiger partial charge on any atom is -0.461 e. The highest BCUT2D eigenvalue weighted by atomic mass is 16.3. The van der Waals surface area contributed by atoms with E-state index in [1.807, 2.05) is 31.2 Å². The molecule has 1 nitrogen and oxygen atoms in total. The summed E-state index contributed by atoms with van der Waals surface area (Å²) in [4.78, 5) is 0. The van der Waals surface area contributed by atoms with Crippen LogP contribution < -0.4 is 0 Å². The predicted molar refractivity (Wildman–Crippen MR) is 54.9 cm³/mol. The third-order valence-corrected chi connectivity index (χ3v) is 2.25. The Morgan fingerprint density at radius 2 is 2.15 bits per heavy atom. The van der Waals surface area contributed by atoms with Gasteiger partial charge in [-0.2, -0.15) is 0 Å². The average Bonchev–Trinajstić information content (AvgIpc) is 2.44. The maximum Gasteiger partial charge on any atom is 0.134 e. The molecule has 1 aromatic carbocycles. The molecule has 0 atom stereocenters. The van der Waals surface area contributed by atoms with Crippen molar-refractivity contribution in [1.29, 1.82) is 0 Å². The van der Waals surface area contributed by atoms with Gasteiger partial charge >= 0.3 is 0 Å². The van der Waals surface area contributed by atoms with Gasteiger partial charge in [0.15, 0.2) is 0 Å². The summed E-state index contributed by atoms with van der Waals surface area (Å²) in [5.41, 5.74) is 2.22. The summed E-state index contributed by atoms with van der Waals surface area (Å²) in [7, 11) is 0. The number of hydrogen-bond acceptors (Lipinski definition) is 1. The van der Waals surface area contributed by atoms with Crippen molar-refractivity contribution in [2.75, 3.05) is 0 Å². The second-order valence-corrected chi connectivity index (χ2v) is 3.13. The van der Waals surface area contributed by atoms with Gasteiger partial charge < -0.3 is 4.42 Å². The molecule has 0 fully saturated rings. The van der Waals surface area contributed by atoms with Crippen LogP contribution in [0.2, 0.25) is 0 Å². The fraction of sp³-hybridized carbons (Fsp3) is 0.167. The first-order valence-corrected chi connectivity index (χ1v) is 4.41. The van der Waals surface area contributed by atoms with Crippen LogP contribution in [0.3, 0.4) is 0 Å². The molecule has 1 aromatic heterocycles. The molecule has 0 radical (unpaired) electrons. The van der Waals surface area contributed by atoms with E-state index in [4.69, 9.17) is 4.42 Å². The van der Waals surface area contributed by atoms with Crippen molar-refractivity contribution in [1.82, 2.24) is 0 Å². The minimum atomic E-state index is 0.878. The third kappa shape index (κ3) is 1.26. The van der Waals surface area contributed by atoms with Crippen molar-refractivity contribution in [2.24, 2.45) is 0 Å². The van der Waals surface area contributed by atoms with Gasteiger partial charge in [0.05, 0.1) is 0 Å². The molecule has 66 valence electrons. The van der Waals surface area contributed by atoms with Crippen molar-refractivity contribution >= 4 is 11.0 Å². The Morgan fingerprint density at radius 1 is 1.38 bits per heavy atom. The van der Waals surface area contributed by atoms with Gasteiger partial charge in [-0.05, 0) is 19.4 Å². The molecule has 0 aliphatic rings. The van der Waals surface area contributed by atoms with Crippen LogP contribution in [0, 0.1) is 6.92 Å². The Balaban J connectivity index is 2.70. The number of benzene rings is 1. The maximum absolute atomic E-state index is 5.60. The molecule has 0 amide bonds.